The number of para-hydroxylation sites is 1. The summed E-state index contributed by atoms with van der Waals surface area (Å²) in [5, 5.41) is 2.90. The first-order valence-corrected chi connectivity index (χ1v) is 10.2. The molecule has 0 aromatic heterocycles. The highest BCUT2D eigenvalue weighted by atomic mass is 16.2. The predicted molar refractivity (Wildman–Crippen MR) is 109 cm³/mol. The van der Waals surface area contributed by atoms with Crippen LogP contribution >= 0.6 is 0 Å². The topological polar surface area (TPSA) is 69.7 Å². The molecule has 0 unspecified atom stereocenters. The number of urea groups is 1. The smallest absolute Gasteiger partial charge is 0.323 e. The second-order valence-corrected chi connectivity index (χ2v) is 8.13. The molecule has 2 aromatic rings. The summed E-state index contributed by atoms with van der Waals surface area (Å²) in [4.78, 5) is 41.7. The molecular weight excluding hydrogens is 366 g/mol. The van der Waals surface area contributed by atoms with Gasteiger partial charge in [-0.1, -0.05) is 42.5 Å². The fourth-order valence-corrected chi connectivity index (χ4v) is 4.86. The Hall–Kier alpha value is -3.15. The van der Waals surface area contributed by atoms with E-state index in [0.717, 1.165) is 41.0 Å². The normalized spacial score (nSPS) is 23.0. The van der Waals surface area contributed by atoms with Crippen molar-refractivity contribution in [2.75, 3.05) is 18.0 Å². The Morgan fingerprint density at radius 1 is 0.966 bits per heavy atom. The SMILES string of the molecule is O=C1N[C@]2(CCc3ccccc3C2)C(=O)N1CC(=O)N1CCCc2ccccc21. The van der Waals surface area contributed by atoms with Gasteiger partial charge in [0.1, 0.15) is 12.1 Å². The van der Waals surface area contributed by atoms with Gasteiger partial charge in [0.2, 0.25) is 5.91 Å². The van der Waals surface area contributed by atoms with E-state index in [4.69, 9.17) is 0 Å². The lowest BCUT2D eigenvalue weighted by Gasteiger charge is -2.33. The molecule has 29 heavy (non-hydrogen) atoms. The molecule has 0 radical (unpaired) electrons. The number of amides is 4. The number of nitrogens with one attached hydrogen (secondary N) is 1. The third-order valence-corrected chi connectivity index (χ3v) is 6.38. The van der Waals surface area contributed by atoms with Gasteiger partial charge in [-0.15, -0.1) is 0 Å². The fourth-order valence-electron chi connectivity index (χ4n) is 4.86. The summed E-state index contributed by atoms with van der Waals surface area (Å²) in [5.74, 6) is -0.496. The number of nitrogens with zero attached hydrogens (tertiary/aromatic N) is 2. The van der Waals surface area contributed by atoms with Gasteiger partial charge in [-0.3, -0.25) is 14.5 Å². The highest BCUT2D eigenvalue weighted by Gasteiger charge is 2.52. The first-order valence-electron chi connectivity index (χ1n) is 10.2. The molecule has 6 nitrogen and oxygen atoms in total. The van der Waals surface area contributed by atoms with Crippen molar-refractivity contribution in [1.29, 1.82) is 0 Å². The van der Waals surface area contributed by atoms with Crippen LogP contribution in [0.25, 0.3) is 0 Å². The van der Waals surface area contributed by atoms with Crippen molar-refractivity contribution in [3.05, 3.63) is 65.2 Å². The summed E-state index contributed by atoms with van der Waals surface area (Å²) in [6, 6.07) is 15.4. The minimum Gasteiger partial charge on any atom is -0.323 e. The minimum atomic E-state index is -0.925. The Kier molecular flexibility index (Phi) is 4.15. The molecule has 2 heterocycles. The minimum absolute atomic E-state index is 0.214. The lowest BCUT2D eigenvalue weighted by Crippen LogP contribution is -2.51. The number of hydrogen-bond acceptors (Lipinski definition) is 3. The average Bonchev–Trinajstić information content (AvgIpc) is 2.97. The van der Waals surface area contributed by atoms with Gasteiger partial charge in [-0.25, -0.2) is 4.79 Å². The van der Waals surface area contributed by atoms with Crippen molar-refractivity contribution < 1.29 is 14.4 Å². The third-order valence-electron chi connectivity index (χ3n) is 6.38. The first kappa shape index (κ1) is 17.9. The molecule has 3 aliphatic rings. The second-order valence-electron chi connectivity index (χ2n) is 8.13. The van der Waals surface area contributed by atoms with Crippen LogP contribution in [0.5, 0.6) is 0 Å². The number of benzene rings is 2. The van der Waals surface area contributed by atoms with E-state index < -0.39 is 11.6 Å². The first-order chi connectivity index (χ1) is 14.1. The van der Waals surface area contributed by atoms with Crippen molar-refractivity contribution in [2.24, 2.45) is 0 Å². The van der Waals surface area contributed by atoms with E-state index in [1.807, 2.05) is 42.5 Å². The average molecular weight is 389 g/mol. The number of imide groups is 1. The van der Waals surface area contributed by atoms with Crippen LogP contribution in [0.1, 0.15) is 29.5 Å². The van der Waals surface area contributed by atoms with E-state index >= 15 is 0 Å². The van der Waals surface area contributed by atoms with Crippen molar-refractivity contribution >= 4 is 23.5 Å². The Balaban J connectivity index is 1.36. The summed E-state index contributed by atoms with van der Waals surface area (Å²) >= 11 is 0. The summed E-state index contributed by atoms with van der Waals surface area (Å²) < 4.78 is 0. The highest BCUT2D eigenvalue weighted by Crippen LogP contribution is 2.34. The fraction of sp³-hybridized carbons (Fsp3) is 0.348. The molecule has 6 heteroatoms. The summed E-state index contributed by atoms with van der Waals surface area (Å²) in [6.45, 7) is 0.389. The molecular formula is C23H23N3O3. The van der Waals surface area contributed by atoms with Crippen molar-refractivity contribution in [3.63, 3.8) is 0 Å². The largest absolute Gasteiger partial charge is 0.325 e. The van der Waals surface area contributed by atoms with Gasteiger partial charge in [0.25, 0.3) is 5.91 Å². The second kappa shape index (κ2) is 6.72. The lowest BCUT2D eigenvalue weighted by atomic mass is 9.78. The zero-order chi connectivity index (χ0) is 20.0. The molecule has 1 N–H and O–H groups in total. The zero-order valence-electron chi connectivity index (χ0n) is 16.2. The van der Waals surface area contributed by atoms with Gasteiger partial charge in [0.15, 0.2) is 0 Å². The summed E-state index contributed by atoms with van der Waals surface area (Å²) in [5.41, 5.74) is 3.40. The third kappa shape index (κ3) is 2.90. The van der Waals surface area contributed by atoms with E-state index in [9.17, 15) is 14.4 Å². The number of hydrogen-bond donors (Lipinski definition) is 1. The monoisotopic (exact) mass is 389 g/mol. The van der Waals surface area contributed by atoms with Crippen LogP contribution in [0.2, 0.25) is 0 Å². The van der Waals surface area contributed by atoms with E-state index in [0.29, 0.717) is 19.4 Å². The lowest BCUT2D eigenvalue weighted by molar-refractivity contribution is -0.134. The Morgan fingerprint density at radius 3 is 2.52 bits per heavy atom. The molecule has 2 aromatic carbocycles. The number of anilines is 1. The molecule has 1 saturated heterocycles. The van der Waals surface area contributed by atoms with Crippen LogP contribution in [0.15, 0.2) is 48.5 Å². The molecule has 1 fully saturated rings. The maximum absolute atomic E-state index is 13.2. The van der Waals surface area contributed by atoms with Gasteiger partial charge in [0, 0.05) is 18.7 Å². The van der Waals surface area contributed by atoms with Gasteiger partial charge in [0.05, 0.1) is 0 Å². The van der Waals surface area contributed by atoms with Crippen LogP contribution in [-0.2, 0) is 28.9 Å². The molecule has 148 valence electrons. The number of carbonyl (C=O) groups excluding carboxylic acids is 3. The van der Waals surface area contributed by atoms with Crippen LogP contribution in [0.4, 0.5) is 10.5 Å². The van der Waals surface area contributed by atoms with E-state index in [1.165, 1.54) is 5.56 Å². The van der Waals surface area contributed by atoms with Gasteiger partial charge < -0.3 is 10.2 Å². The molecule has 2 aliphatic heterocycles. The maximum Gasteiger partial charge on any atom is 0.325 e. The summed E-state index contributed by atoms with van der Waals surface area (Å²) in [7, 11) is 0. The molecule has 0 bridgehead atoms. The van der Waals surface area contributed by atoms with Crippen LogP contribution in [0, 0.1) is 0 Å². The summed E-state index contributed by atoms with van der Waals surface area (Å²) in [6.07, 6.45) is 3.59. The van der Waals surface area contributed by atoms with Crippen molar-refractivity contribution in [2.45, 2.75) is 37.6 Å². The van der Waals surface area contributed by atoms with Gasteiger partial charge >= 0.3 is 6.03 Å². The van der Waals surface area contributed by atoms with Crippen molar-refractivity contribution in [1.82, 2.24) is 10.2 Å². The number of carbonyl (C=O) groups is 3. The maximum atomic E-state index is 13.2. The molecule has 1 atom stereocenters. The Morgan fingerprint density at radius 2 is 1.69 bits per heavy atom. The van der Waals surface area contributed by atoms with Crippen LogP contribution in [0.3, 0.4) is 0 Å². The van der Waals surface area contributed by atoms with E-state index in [-0.39, 0.29) is 18.4 Å². The number of fused-ring (bicyclic) bond motifs is 2. The van der Waals surface area contributed by atoms with Crippen LogP contribution in [-0.4, -0.2) is 41.4 Å². The molecule has 1 spiro atoms. The highest BCUT2D eigenvalue weighted by molar-refractivity contribution is 6.10. The standard InChI is InChI=1S/C23H23N3O3/c27-20(25-13-5-9-17-7-3-4-10-19(17)25)15-26-21(28)23(24-22(26)29)12-11-16-6-1-2-8-18(16)14-23/h1-4,6-8,10H,5,9,11-15H2,(H,24,29)/t23-/m0/s1. The van der Waals surface area contributed by atoms with Gasteiger partial charge in [-0.2, -0.15) is 0 Å². The van der Waals surface area contributed by atoms with E-state index in [2.05, 4.69) is 11.4 Å². The molecule has 1 aliphatic carbocycles. The Bertz CT molecular complexity index is 1020. The zero-order valence-corrected chi connectivity index (χ0v) is 16.2. The number of aryl methyl sites for hydroxylation is 2. The van der Waals surface area contributed by atoms with E-state index in [1.54, 1.807) is 4.90 Å². The van der Waals surface area contributed by atoms with Gasteiger partial charge in [-0.05, 0) is 48.4 Å². The quantitative estimate of drug-likeness (QED) is 0.802. The number of rotatable bonds is 2. The molecule has 0 saturated carbocycles. The van der Waals surface area contributed by atoms with Crippen molar-refractivity contribution in [3.8, 4) is 0 Å². The molecule has 5 rings (SSSR count). The molecule has 4 amide bonds. The van der Waals surface area contributed by atoms with Crippen LogP contribution < -0.4 is 10.2 Å². The Labute approximate surface area is 169 Å². The predicted octanol–water partition coefficient (Wildman–Crippen LogP) is 2.45.